The molecular weight excluding hydrogens is 310 g/mol. The Hall–Kier alpha value is -3.14. The van der Waals surface area contributed by atoms with Crippen molar-refractivity contribution in [1.29, 1.82) is 0 Å². The molecule has 3 aromatic rings. The molecule has 0 radical (unpaired) electrons. The average Bonchev–Trinajstić information content (AvgIpc) is 3.25. The van der Waals surface area contributed by atoms with E-state index in [-0.39, 0.29) is 5.91 Å². The predicted molar refractivity (Wildman–Crippen MR) is 100 cm³/mol. The predicted octanol–water partition coefficient (Wildman–Crippen LogP) is 4.15. The first-order chi connectivity index (χ1) is 12.3. The van der Waals surface area contributed by atoms with Gasteiger partial charge in [-0.1, -0.05) is 42.5 Å². The van der Waals surface area contributed by atoms with Crippen molar-refractivity contribution in [2.24, 2.45) is 0 Å². The van der Waals surface area contributed by atoms with Crippen LogP contribution in [0.5, 0.6) is 0 Å². The molecule has 0 aliphatic carbocycles. The van der Waals surface area contributed by atoms with E-state index in [0.29, 0.717) is 0 Å². The molecule has 0 unspecified atom stereocenters. The summed E-state index contributed by atoms with van der Waals surface area (Å²) in [5, 5.41) is 2.89. The number of anilines is 1. The fraction of sp³-hybridized carbons (Fsp3) is 0.143. The Kier molecular flexibility index (Phi) is 4.17. The molecule has 124 valence electrons. The zero-order valence-corrected chi connectivity index (χ0v) is 13.9. The second-order valence-electron chi connectivity index (χ2n) is 6.13. The third kappa shape index (κ3) is 3.38. The molecule has 0 fully saturated rings. The van der Waals surface area contributed by atoms with E-state index in [1.165, 1.54) is 5.82 Å². The van der Waals surface area contributed by atoms with Crippen LogP contribution in [0, 0.1) is 0 Å². The summed E-state index contributed by atoms with van der Waals surface area (Å²) < 4.78 is 2.27. The van der Waals surface area contributed by atoms with Crippen LogP contribution in [-0.2, 0) is 17.8 Å². The molecule has 4 heteroatoms. The molecule has 4 rings (SSSR count). The quantitative estimate of drug-likeness (QED) is 0.731. The Morgan fingerprint density at radius 3 is 2.68 bits per heavy atom. The van der Waals surface area contributed by atoms with E-state index in [1.807, 2.05) is 60.8 Å². The van der Waals surface area contributed by atoms with Gasteiger partial charge in [-0.2, -0.15) is 0 Å². The van der Waals surface area contributed by atoms with Gasteiger partial charge >= 0.3 is 0 Å². The highest BCUT2D eigenvalue weighted by atomic mass is 16.1. The maximum absolute atomic E-state index is 12.0. The summed E-state index contributed by atoms with van der Waals surface area (Å²) in [6.07, 6.45) is 7.51. The van der Waals surface area contributed by atoms with Gasteiger partial charge in [0.15, 0.2) is 0 Å². The number of imidazole rings is 1. The molecule has 0 saturated carbocycles. The second kappa shape index (κ2) is 6.77. The molecule has 0 spiro atoms. The van der Waals surface area contributed by atoms with E-state index in [9.17, 15) is 4.79 Å². The van der Waals surface area contributed by atoms with Crippen LogP contribution >= 0.6 is 0 Å². The van der Waals surface area contributed by atoms with Crippen LogP contribution in [0.2, 0.25) is 0 Å². The van der Waals surface area contributed by atoms with Crippen LogP contribution in [0.3, 0.4) is 0 Å². The highest BCUT2D eigenvalue weighted by Gasteiger charge is 2.16. The Morgan fingerprint density at radius 1 is 1.08 bits per heavy atom. The first-order valence-electron chi connectivity index (χ1n) is 8.48. The van der Waals surface area contributed by atoms with E-state index in [1.54, 1.807) is 12.2 Å². The summed E-state index contributed by atoms with van der Waals surface area (Å²) >= 11 is 0. The molecule has 2 heterocycles. The zero-order valence-electron chi connectivity index (χ0n) is 13.9. The fourth-order valence-electron chi connectivity index (χ4n) is 3.13. The van der Waals surface area contributed by atoms with Crippen molar-refractivity contribution < 1.29 is 4.79 Å². The topological polar surface area (TPSA) is 46.9 Å². The third-order valence-electron chi connectivity index (χ3n) is 4.40. The van der Waals surface area contributed by atoms with Crippen molar-refractivity contribution in [2.75, 3.05) is 5.32 Å². The minimum Gasteiger partial charge on any atom is -0.328 e. The largest absolute Gasteiger partial charge is 0.328 e. The lowest BCUT2D eigenvalue weighted by molar-refractivity contribution is -0.111. The standard InChI is InChI=1S/C21H19N3O/c25-21(13-8-16-5-2-1-3-6-16)23-18-11-9-17(10-12-18)19-15-22-20-7-4-14-24(19)20/h1-3,5-6,8-13,15H,4,7,14H2,(H,23,25)/b13-8+. The third-order valence-corrected chi connectivity index (χ3v) is 4.40. The lowest BCUT2D eigenvalue weighted by Gasteiger charge is -2.07. The van der Waals surface area contributed by atoms with Crippen molar-refractivity contribution >= 4 is 17.7 Å². The SMILES string of the molecule is O=C(/C=C/c1ccccc1)Nc1ccc(-c2cnc3n2CCC3)cc1. The van der Waals surface area contributed by atoms with Crippen molar-refractivity contribution in [1.82, 2.24) is 9.55 Å². The summed E-state index contributed by atoms with van der Waals surface area (Å²) in [5.41, 5.74) is 4.06. The zero-order chi connectivity index (χ0) is 17.1. The summed E-state index contributed by atoms with van der Waals surface area (Å²) in [7, 11) is 0. The smallest absolute Gasteiger partial charge is 0.248 e. The summed E-state index contributed by atoms with van der Waals surface area (Å²) in [6, 6.07) is 17.7. The van der Waals surface area contributed by atoms with E-state index in [4.69, 9.17) is 0 Å². The molecule has 1 amide bonds. The van der Waals surface area contributed by atoms with Crippen LogP contribution in [0.1, 0.15) is 17.8 Å². The van der Waals surface area contributed by atoms with Crippen molar-refractivity contribution in [3.8, 4) is 11.3 Å². The van der Waals surface area contributed by atoms with Gasteiger partial charge in [0.05, 0.1) is 11.9 Å². The van der Waals surface area contributed by atoms with E-state index < -0.39 is 0 Å². The van der Waals surface area contributed by atoms with Crippen LogP contribution < -0.4 is 5.32 Å². The number of rotatable bonds is 4. The van der Waals surface area contributed by atoms with Gasteiger partial charge in [-0.25, -0.2) is 4.98 Å². The molecule has 25 heavy (non-hydrogen) atoms. The van der Waals surface area contributed by atoms with Gasteiger partial charge in [0.1, 0.15) is 5.82 Å². The molecule has 1 N–H and O–H groups in total. The number of carbonyl (C=O) groups excluding carboxylic acids is 1. The molecule has 0 bridgehead atoms. The summed E-state index contributed by atoms with van der Waals surface area (Å²) in [6.45, 7) is 1.04. The number of hydrogen-bond donors (Lipinski definition) is 1. The second-order valence-corrected chi connectivity index (χ2v) is 6.13. The lowest BCUT2D eigenvalue weighted by Crippen LogP contribution is -2.07. The number of aryl methyl sites for hydroxylation is 1. The number of nitrogens with zero attached hydrogens (tertiary/aromatic N) is 2. The maximum atomic E-state index is 12.0. The van der Waals surface area contributed by atoms with E-state index >= 15 is 0 Å². The number of hydrogen-bond acceptors (Lipinski definition) is 2. The molecule has 1 aromatic heterocycles. The van der Waals surface area contributed by atoms with Crippen molar-refractivity contribution in [3.63, 3.8) is 0 Å². The monoisotopic (exact) mass is 329 g/mol. The highest BCUT2D eigenvalue weighted by Crippen LogP contribution is 2.26. The molecule has 2 aromatic carbocycles. The van der Waals surface area contributed by atoms with E-state index in [0.717, 1.165) is 41.9 Å². The molecule has 1 aliphatic heterocycles. The van der Waals surface area contributed by atoms with Gasteiger partial charge in [0.25, 0.3) is 0 Å². The average molecular weight is 329 g/mol. The minimum atomic E-state index is -0.137. The summed E-state index contributed by atoms with van der Waals surface area (Å²) in [4.78, 5) is 16.5. The first kappa shape index (κ1) is 15.4. The molecule has 1 aliphatic rings. The van der Waals surface area contributed by atoms with Crippen LogP contribution in [0.25, 0.3) is 17.3 Å². The minimum absolute atomic E-state index is 0.137. The van der Waals surface area contributed by atoms with Gasteiger partial charge in [-0.3, -0.25) is 4.79 Å². The number of fused-ring (bicyclic) bond motifs is 1. The number of amides is 1. The highest BCUT2D eigenvalue weighted by molar-refractivity contribution is 6.02. The number of benzene rings is 2. The first-order valence-corrected chi connectivity index (χ1v) is 8.48. The van der Waals surface area contributed by atoms with Crippen LogP contribution in [-0.4, -0.2) is 15.5 Å². The Labute approximate surface area is 146 Å². The van der Waals surface area contributed by atoms with Gasteiger partial charge in [0, 0.05) is 24.7 Å². The van der Waals surface area contributed by atoms with Crippen molar-refractivity contribution in [2.45, 2.75) is 19.4 Å². The van der Waals surface area contributed by atoms with E-state index in [2.05, 4.69) is 14.9 Å². The Morgan fingerprint density at radius 2 is 1.88 bits per heavy atom. The number of carbonyl (C=O) groups is 1. The van der Waals surface area contributed by atoms with Crippen molar-refractivity contribution in [3.05, 3.63) is 78.3 Å². The van der Waals surface area contributed by atoms with Crippen LogP contribution in [0.4, 0.5) is 5.69 Å². The van der Waals surface area contributed by atoms with Gasteiger partial charge < -0.3 is 9.88 Å². The number of aromatic nitrogens is 2. The molecular formula is C21H19N3O. The molecule has 4 nitrogen and oxygen atoms in total. The van der Waals surface area contributed by atoms with Gasteiger partial charge in [-0.05, 0) is 35.8 Å². The van der Waals surface area contributed by atoms with Gasteiger partial charge in [0.2, 0.25) is 5.91 Å². The van der Waals surface area contributed by atoms with Gasteiger partial charge in [-0.15, -0.1) is 0 Å². The number of nitrogens with one attached hydrogen (secondary N) is 1. The lowest BCUT2D eigenvalue weighted by atomic mass is 10.1. The molecule has 0 saturated heterocycles. The maximum Gasteiger partial charge on any atom is 0.248 e. The molecule has 0 atom stereocenters. The van der Waals surface area contributed by atoms with Crippen LogP contribution in [0.15, 0.2) is 66.9 Å². The summed E-state index contributed by atoms with van der Waals surface area (Å²) in [5.74, 6) is 1.03. The Bertz CT molecular complexity index is 908. The normalized spacial score (nSPS) is 13.1. The fourth-order valence-corrected chi connectivity index (χ4v) is 3.13. The Balaban J connectivity index is 1.44.